The van der Waals surface area contributed by atoms with Gasteiger partial charge in [0.1, 0.15) is 12.1 Å². The largest absolute Gasteiger partial charge is 0.391 e. The van der Waals surface area contributed by atoms with Crippen molar-refractivity contribution in [1.29, 1.82) is 0 Å². The van der Waals surface area contributed by atoms with E-state index < -0.39 is 41.1 Å². The quantitative estimate of drug-likeness (QED) is 0.455. The summed E-state index contributed by atoms with van der Waals surface area (Å²) in [6, 6.07) is 5.74. The van der Waals surface area contributed by atoms with Crippen LogP contribution >= 0.6 is 11.3 Å². The molecule has 1 saturated carbocycles. The Morgan fingerprint density at radius 3 is 2.31 bits per heavy atom. The predicted octanol–water partition coefficient (Wildman–Crippen LogP) is 3.93. The van der Waals surface area contributed by atoms with Crippen LogP contribution < -0.4 is 10.6 Å². The molecule has 39 heavy (non-hydrogen) atoms. The monoisotopic (exact) mass is 558 g/mol. The molecule has 4 rings (SSSR count). The van der Waals surface area contributed by atoms with Crippen molar-refractivity contribution < 1.29 is 23.9 Å². The smallest absolute Gasteiger partial charge is 0.258 e. The van der Waals surface area contributed by atoms with Crippen molar-refractivity contribution in [3.63, 3.8) is 0 Å². The second-order valence-corrected chi connectivity index (χ2v) is 13.1. The van der Waals surface area contributed by atoms with Gasteiger partial charge >= 0.3 is 0 Å². The fraction of sp³-hybridized carbons (Fsp3) is 0.586. The minimum Gasteiger partial charge on any atom is -0.391 e. The molecule has 0 spiro atoms. The molecule has 2 heterocycles. The van der Waals surface area contributed by atoms with Gasteiger partial charge in [-0.1, -0.05) is 58.9 Å². The van der Waals surface area contributed by atoms with Crippen LogP contribution in [0.25, 0.3) is 10.4 Å². The third-order valence-corrected chi connectivity index (χ3v) is 8.57. The standard InChI is InChI=1S/C29H39FN4O4S/c1-16(2)22(18-7-9-19(10-8-18)23-17(3)31-15-39-23)32-25(36)21-13-20(35)14-34(21)26(37)24(28(4,5)6)33-27(38)29(30)11-12-29/h7-10,15-16,20-22,24,35H,11-14H2,1-6H3,(H,32,36)(H,33,38)/t20-,21+,22-,24-/m1/s1. The molecule has 212 valence electrons. The fourth-order valence-corrected chi connectivity index (χ4v) is 5.83. The fourth-order valence-electron chi connectivity index (χ4n) is 5.02. The SMILES string of the molecule is Cc1ncsc1-c1ccc([C@H](NC(=O)[C@@H]2C[C@@H](O)CN2C(=O)[C@@H](NC(=O)C2(F)CC2)C(C)(C)C)C(C)C)cc1. The molecule has 1 aliphatic heterocycles. The Morgan fingerprint density at radius 2 is 1.79 bits per heavy atom. The molecular weight excluding hydrogens is 519 g/mol. The number of benzene rings is 1. The van der Waals surface area contributed by atoms with Crippen molar-refractivity contribution in [3.05, 3.63) is 41.0 Å². The normalized spacial score (nSPS) is 21.9. The van der Waals surface area contributed by atoms with Crippen molar-refractivity contribution in [3.8, 4) is 10.4 Å². The molecule has 0 unspecified atom stereocenters. The Kier molecular flexibility index (Phi) is 8.19. The second-order valence-electron chi connectivity index (χ2n) is 12.3. The number of hydrogen-bond acceptors (Lipinski definition) is 6. The van der Waals surface area contributed by atoms with E-state index in [1.54, 1.807) is 32.1 Å². The number of carbonyl (C=O) groups is 3. The van der Waals surface area contributed by atoms with Gasteiger partial charge in [-0.3, -0.25) is 14.4 Å². The summed E-state index contributed by atoms with van der Waals surface area (Å²) in [5.74, 6) is -1.61. The zero-order chi connectivity index (χ0) is 28.7. The number of alkyl halides is 1. The number of rotatable bonds is 8. The number of aliphatic hydroxyl groups is 1. The van der Waals surface area contributed by atoms with Crippen LogP contribution in [0.3, 0.4) is 0 Å². The number of hydrogen-bond donors (Lipinski definition) is 3. The van der Waals surface area contributed by atoms with Gasteiger partial charge in [0.25, 0.3) is 5.91 Å². The zero-order valence-electron chi connectivity index (χ0n) is 23.5. The molecular formula is C29H39FN4O4S. The van der Waals surface area contributed by atoms with Crippen molar-refractivity contribution >= 4 is 29.1 Å². The van der Waals surface area contributed by atoms with E-state index in [4.69, 9.17) is 0 Å². The number of aliphatic hydroxyl groups excluding tert-OH is 1. The third kappa shape index (κ3) is 6.32. The maximum absolute atomic E-state index is 14.4. The molecule has 0 radical (unpaired) electrons. The van der Waals surface area contributed by atoms with Crippen LogP contribution in [0.5, 0.6) is 0 Å². The summed E-state index contributed by atoms with van der Waals surface area (Å²) in [7, 11) is 0. The molecule has 1 aromatic carbocycles. The highest BCUT2D eigenvalue weighted by atomic mass is 32.1. The van der Waals surface area contributed by atoms with Gasteiger partial charge in [0, 0.05) is 13.0 Å². The molecule has 1 aliphatic carbocycles. The first-order chi connectivity index (χ1) is 18.2. The summed E-state index contributed by atoms with van der Waals surface area (Å²) in [5.41, 5.74) is 2.11. The summed E-state index contributed by atoms with van der Waals surface area (Å²) >= 11 is 1.58. The van der Waals surface area contributed by atoms with E-state index in [2.05, 4.69) is 15.6 Å². The van der Waals surface area contributed by atoms with E-state index in [1.807, 2.05) is 50.5 Å². The van der Waals surface area contributed by atoms with Gasteiger partial charge in [-0.25, -0.2) is 9.37 Å². The highest BCUT2D eigenvalue weighted by molar-refractivity contribution is 7.13. The van der Waals surface area contributed by atoms with E-state index in [-0.39, 0.29) is 43.7 Å². The van der Waals surface area contributed by atoms with Crippen molar-refractivity contribution in [2.45, 2.75) is 90.7 Å². The number of nitrogens with one attached hydrogen (secondary N) is 2. The average Bonchev–Trinajstić information content (AvgIpc) is 3.28. The molecule has 10 heteroatoms. The van der Waals surface area contributed by atoms with Gasteiger partial charge < -0.3 is 20.6 Å². The van der Waals surface area contributed by atoms with Crippen molar-refractivity contribution in [2.75, 3.05) is 6.54 Å². The number of thiazole rings is 1. The third-order valence-electron chi connectivity index (χ3n) is 7.59. The average molecular weight is 559 g/mol. The lowest BCUT2D eigenvalue weighted by atomic mass is 9.85. The van der Waals surface area contributed by atoms with Gasteiger partial charge in [0.2, 0.25) is 11.8 Å². The minimum absolute atomic E-state index is 0.0324. The Labute approximate surface area is 233 Å². The van der Waals surface area contributed by atoms with Crippen molar-refractivity contribution in [2.24, 2.45) is 11.3 Å². The van der Waals surface area contributed by atoms with Crippen LogP contribution in [0.4, 0.5) is 4.39 Å². The predicted molar refractivity (Wildman–Crippen MR) is 149 cm³/mol. The first kappa shape index (κ1) is 29.1. The maximum Gasteiger partial charge on any atom is 0.258 e. The number of aromatic nitrogens is 1. The molecule has 2 fully saturated rings. The first-order valence-corrected chi connectivity index (χ1v) is 14.4. The number of β-amino-alcohol motifs (C(OH)–C–C–N with tert-alkyl or cyclic N) is 1. The van der Waals surface area contributed by atoms with Gasteiger partial charge in [-0.2, -0.15) is 0 Å². The van der Waals surface area contributed by atoms with Crippen LogP contribution in [-0.2, 0) is 14.4 Å². The van der Waals surface area contributed by atoms with E-state index in [0.29, 0.717) is 0 Å². The second kappa shape index (κ2) is 11.0. The number of carbonyl (C=O) groups excluding carboxylic acids is 3. The zero-order valence-corrected chi connectivity index (χ0v) is 24.3. The summed E-state index contributed by atoms with van der Waals surface area (Å²) < 4.78 is 14.4. The summed E-state index contributed by atoms with van der Waals surface area (Å²) in [5, 5.41) is 16.1. The Balaban J connectivity index is 1.51. The molecule has 3 N–H and O–H groups in total. The first-order valence-electron chi connectivity index (χ1n) is 13.5. The number of aryl methyl sites for hydroxylation is 1. The lowest BCUT2D eigenvalue weighted by Crippen LogP contribution is -2.59. The molecule has 2 aromatic rings. The highest BCUT2D eigenvalue weighted by Gasteiger charge is 2.53. The molecule has 8 nitrogen and oxygen atoms in total. The van der Waals surface area contributed by atoms with E-state index >= 15 is 0 Å². The molecule has 0 bridgehead atoms. The summed E-state index contributed by atoms with van der Waals surface area (Å²) in [6.07, 6.45) is -0.516. The van der Waals surface area contributed by atoms with E-state index in [9.17, 15) is 23.9 Å². The van der Waals surface area contributed by atoms with Gasteiger partial charge in [0.15, 0.2) is 5.67 Å². The van der Waals surface area contributed by atoms with E-state index in [1.165, 1.54) is 4.90 Å². The number of halogens is 1. The lowest BCUT2D eigenvalue weighted by Gasteiger charge is -2.36. The number of nitrogens with zero attached hydrogens (tertiary/aromatic N) is 2. The molecule has 4 atom stereocenters. The highest BCUT2D eigenvalue weighted by Crippen LogP contribution is 2.40. The molecule has 1 aromatic heterocycles. The maximum atomic E-state index is 14.4. The summed E-state index contributed by atoms with van der Waals surface area (Å²) in [4.78, 5) is 46.5. The minimum atomic E-state index is -1.93. The Hall–Kier alpha value is -2.85. The van der Waals surface area contributed by atoms with Gasteiger partial charge in [-0.15, -0.1) is 11.3 Å². The molecule has 1 saturated heterocycles. The van der Waals surface area contributed by atoms with E-state index in [0.717, 1.165) is 21.7 Å². The molecule has 3 amide bonds. The van der Waals surface area contributed by atoms with Crippen LogP contribution in [0.2, 0.25) is 0 Å². The number of amides is 3. The van der Waals surface area contributed by atoms with Crippen LogP contribution in [0.15, 0.2) is 29.8 Å². The topological polar surface area (TPSA) is 112 Å². The van der Waals surface area contributed by atoms with Crippen LogP contribution in [-0.4, -0.2) is 63.1 Å². The molecule has 2 aliphatic rings. The van der Waals surface area contributed by atoms with Crippen LogP contribution in [0.1, 0.15) is 71.2 Å². The Morgan fingerprint density at radius 1 is 1.15 bits per heavy atom. The lowest BCUT2D eigenvalue weighted by molar-refractivity contribution is -0.145. The van der Waals surface area contributed by atoms with Gasteiger partial charge in [-0.05, 0) is 42.2 Å². The Bertz CT molecular complexity index is 1220. The van der Waals surface area contributed by atoms with Gasteiger partial charge in [0.05, 0.1) is 28.2 Å². The van der Waals surface area contributed by atoms with Crippen molar-refractivity contribution in [1.82, 2.24) is 20.5 Å². The summed E-state index contributed by atoms with van der Waals surface area (Å²) in [6.45, 7) is 11.3. The number of likely N-dealkylation sites (tertiary alicyclic amines) is 1. The van der Waals surface area contributed by atoms with Crippen LogP contribution in [0, 0.1) is 18.3 Å².